The molecule has 0 bridgehead atoms. The van der Waals surface area contributed by atoms with Gasteiger partial charge >= 0.3 is 0 Å². The molecule has 0 aromatic heterocycles. The van der Waals surface area contributed by atoms with Crippen LogP contribution in [-0.4, -0.2) is 50.7 Å². The second kappa shape index (κ2) is 6.61. The molecule has 0 unspecified atom stereocenters. The second-order valence-electron chi connectivity index (χ2n) is 6.49. The minimum atomic E-state index is -3.40. The maximum absolute atomic E-state index is 12.5. The molecule has 1 fully saturated rings. The maximum atomic E-state index is 12.5. The number of sulfone groups is 1. The van der Waals surface area contributed by atoms with Gasteiger partial charge < -0.3 is 10.2 Å². The maximum Gasteiger partial charge on any atom is 0.223 e. The molecular weight excluding hydrogens is 312 g/mol. The first-order valence-electron chi connectivity index (χ1n) is 8.32. The van der Waals surface area contributed by atoms with Crippen LogP contribution in [0.2, 0.25) is 0 Å². The summed E-state index contributed by atoms with van der Waals surface area (Å²) in [5, 5.41) is 3.23. The first-order valence-corrected chi connectivity index (χ1v) is 9.97. The Balaban J connectivity index is 1.65. The molecule has 5 nitrogen and oxygen atoms in total. The van der Waals surface area contributed by atoms with E-state index >= 15 is 0 Å². The smallest absolute Gasteiger partial charge is 0.223 e. The standard InChI is InChI=1S/C17H24N2O3S/c1-13-12-18-8-9-19(13)17(20)7-10-23(21,22)16-6-5-14-3-2-4-15(14)11-16/h5-6,11,13,18H,2-4,7-10,12H2,1H3/t13-/m1/s1. The Bertz CT molecular complexity index is 700. The van der Waals surface area contributed by atoms with Gasteiger partial charge in [0.2, 0.25) is 5.91 Å². The van der Waals surface area contributed by atoms with Crippen LogP contribution in [0.5, 0.6) is 0 Å². The molecule has 126 valence electrons. The number of nitrogens with zero attached hydrogens (tertiary/aromatic N) is 1. The molecule has 2 aliphatic rings. The highest BCUT2D eigenvalue weighted by atomic mass is 32.2. The van der Waals surface area contributed by atoms with Gasteiger partial charge in [-0.1, -0.05) is 6.07 Å². The molecule has 1 heterocycles. The average Bonchev–Trinajstić information content (AvgIpc) is 3.00. The van der Waals surface area contributed by atoms with Crippen LogP contribution in [-0.2, 0) is 27.5 Å². The van der Waals surface area contributed by atoms with Gasteiger partial charge in [-0.2, -0.15) is 0 Å². The van der Waals surface area contributed by atoms with Gasteiger partial charge in [-0.25, -0.2) is 8.42 Å². The fourth-order valence-corrected chi connectivity index (χ4v) is 4.71. The van der Waals surface area contributed by atoms with E-state index in [1.54, 1.807) is 17.0 Å². The fourth-order valence-electron chi connectivity index (χ4n) is 3.44. The lowest BCUT2D eigenvalue weighted by Gasteiger charge is -2.34. The van der Waals surface area contributed by atoms with Crippen molar-refractivity contribution < 1.29 is 13.2 Å². The predicted molar refractivity (Wildman–Crippen MR) is 89.2 cm³/mol. The number of carbonyl (C=O) groups is 1. The van der Waals surface area contributed by atoms with Gasteiger partial charge in [0.1, 0.15) is 0 Å². The van der Waals surface area contributed by atoms with Crippen LogP contribution in [0.4, 0.5) is 0 Å². The molecule has 1 atom stereocenters. The second-order valence-corrected chi connectivity index (χ2v) is 8.60. The van der Waals surface area contributed by atoms with Crippen LogP contribution in [0.1, 0.15) is 30.9 Å². The highest BCUT2D eigenvalue weighted by molar-refractivity contribution is 7.91. The first kappa shape index (κ1) is 16.5. The lowest BCUT2D eigenvalue weighted by molar-refractivity contribution is -0.133. The van der Waals surface area contributed by atoms with Crippen LogP contribution in [0.15, 0.2) is 23.1 Å². The summed E-state index contributed by atoms with van der Waals surface area (Å²) in [5.74, 6) is -0.176. The Morgan fingerprint density at radius 3 is 2.87 bits per heavy atom. The summed E-state index contributed by atoms with van der Waals surface area (Å²) < 4.78 is 25.0. The summed E-state index contributed by atoms with van der Waals surface area (Å²) >= 11 is 0. The topological polar surface area (TPSA) is 66.5 Å². The minimum absolute atomic E-state index is 0.0593. The Morgan fingerprint density at radius 2 is 2.09 bits per heavy atom. The number of nitrogens with one attached hydrogen (secondary N) is 1. The normalized spacial score (nSPS) is 21.3. The molecule has 3 rings (SSSR count). The SMILES string of the molecule is C[C@@H]1CNCCN1C(=O)CCS(=O)(=O)c1ccc2c(c1)CCC2. The van der Waals surface area contributed by atoms with Crippen molar-refractivity contribution in [3.8, 4) is 0 Å². The summed E-state index contributed by atoms with van der Waals surface area (Å²) in [6, 6.07) is 5.54. The zero-order chi connectivity index (χ0) is 16.4. The van der Waals surface area contributed by atoms with Gasteiger partial charge in [-0.3, -0.25) is 4.79 Å². The van der Waals surface area contributed by atoms with Crippen molar-refractivity contribution in [3.63, 3.8) is 0 Å². The van der Waals surface area contributed by atoms with Crippen LogP contribution in [0.3, 0.4) is 0 Å². The number of rotatable bonds is 4. The summed E-state index contributed by atoms with van der Waals surface area (Å²) in [7, 11) is -3.40. The molecule has 1 saturated heterocycles. The molecule has 1 aliphatic heterocycles. The molecular formula is C17H24N2O3S. The van der Waals surface area contributed by atoms with E-state index in [2.05, 4.69) is 5.32 Å². The number of piperazine rings is 1. The molecule has 6 heteroatoms. The number of hydrogen-bond acceptors (Lipinski definition) is 4. The minimum Gasteiger partial charge on any atom is -0.337 e. The third-order valence-corrected chi connectivity index (χ3v) is 6.55. The van der Waals surface area contributed by atoms with E-state index in [0.29, 0.717) is 11.4 Å². The third-order valence-electron chi connectivity index (χ3n) is 4.84. The zero-order valence-corrected chi connectivity index (χ0v) is 14.4. The third kappa shape index (κ3) is 3.58. The first-order chi connectivity index (χ1) is 11.0. The quantitative estimate of drug-likeness (QED) is 0.896. The Morgan fingerprint density at radius 1 is 1.30 bits per heavy atom. The molecule has 0 spiro atoms. The number of carbonyl (C=O) groups excluding carboxylic acids is 1. The van der Waals surface area contributed by atoms with E-state index in [0.717, 1.165) is 37.9 Å². The molecule has 1 amide bonds. The van der Waals surface area contributed by atoms with E-state index in [4.69, 9.17) is 0 Å². The van der Waals surface area contributed by atoms with Gasteiger partial charge in [0.25, 0.3) is 0 Å². The van der Waals surface area contributed by atoms with Gasteiger partial charge in [-0.05, 0) is 49.4 Å². The Kier molecular flexibility index (Phi) is 4.73. The largest absolute Gasteiger partial charge is 0.337 e. The summed E-state index contributed by atoms with van der Waals surface area (Å²) in [4.78, 5) is 14.5. The van der Waals surface area contributed by atoms with E-state index < -0.39 is 9.84 Å². The fraction of sp³-hybridized carbons (Fsp3) is 0.588. The van der Waals surface area contributed by atoms with Crippen molar-refractivity contribution in [2.45, 2.75) is 43.5 Å². The molecule has 1 aromatic rings. The molecule has 1 aromatic carbocycles. The molecule has 0 radical (unpaired) electrons. The molecule has 23 heavy (non-hydrogen) atoms. The summed E-state index contributed by atoms with van der Waals surface area (Å²) in [6.45, 7) is 4.18. The van der Waals surface area contributed by atoms with Crippen molar-refractivity contribution in [2.75, 3.05) is 25.4 Å². The van der Waals surface area contributed by atoms with Crippen LogP contribution in [0.25, 0.3) is 0 Å². The number of fused-ring (bicyclic) bond motifs is 1. The van der Waals surface area contributed by atoms with E-state index in [1.807, 2.05) is 13.0 Å². The summed E-state index contributed by atoms with van der Waals surface area (Å²) in [5.41, 5.74) is 2.41. The van der Waals surface area contributed by atoms with Crippen molar-refractivity contribution in [1.82, 2.24) is 10.2 Å². The molecule has 0 saturated carbocycles. The van der Waals surface area contributed by atoms with Crippen LogP contribution in [0, 0.1) is 0 Å². The number of benzene rings is 1. The Hall–Kier alpha value is -1.40. The van der Waals surface area contributed by atoms with Crippen LogP contribution >= 0.6 is 0 Å². The number of amides is 1. The van der Waals surface area contributed by atoms with Gasteiger partial charge in [0.05, 0.1) is 10.6 Å². The van der Waals surface area contributed by atoms with Gasteiger partial charge in [-0.15, -0.1) is 0 Å². The monoisotopic (exact) mass is 336 g/mol. The molecule has 1 aliphatic carbocycles. The highest BCUT2D eigenvalue weighted by Gasteiger charge is 2.25. The van der Waals surface area contributed by atoms with E-state index in [9.17, 15) is 13.2 Å². The lowest BCUT2D eigenvalue weighted by atomic mass is 10.1. The van der Waals surface area contributed by atoms with Crippen LogP contribution < -0.4 is 5.32 Å². The zero-order valence-electron chi connectivity index (χ0n) is 13.5. The van der Waals surface area contributed by atoms with E-state index in [-0.39, 0.29) is 24.1 Å². The molecule has 1 N–H and O–H groups in total. The van der Waals surface area contributed by atoms with Gasteiger partial charge in [0, 0.05) is 32.1 Å². The van der Waals surface area contributed by atoms with E-state index in [1.165, 1.54) is 5.56 Å². The van der Waals surface area contributed by atoms with Gasteiger partial charge in [0.15, 0.2) is 9.84 Å². The van der Waals surface area contributed by atoms with Crippen molar-refractivity contribution in [3.05, 3.63) is 29.3 Å². The highest BCUT2D eigenvalue weighted by Crippen LogP contribution is 2.25. The average molecular weight is 336 g/mol. The predicted octanol–water partition coefficient (Wildman–Crippen LogP) is 1.16. The summed E-state index contributed by atoms with van der Waals surface area (Å²) in [6.07, 6.45) is 3.15. The number of hydrogen-bond donors (Lipinski definition) is 1. The van der Waals surface area contributed by atoms with Crippen molar-refractivity contribution in [1.29, 1.82) is 0 Å². The van der Waals surface area contributed by atoms with Crippen molar-refractivity contribution in [2.24, 2.45) is 0 Å². The Labute approximate surface area is 138 Å². The van der Waals surface area contributed by atoms with Crippen molar-refractivity contribution >= 4 is 15.7 Å². The number of aryl methyl sites for hydroxylation is 2. The lowest BCUT2D eigenvalue weighted by Crippen LogP contribution is -2.52.